The Balaban J connectivity index is 1.81. The first-order valence-corrected chi connectivity index (χ1v) is 8.75. The number of aromatic nitrogens is 3. The van der Waals surface area contributed by atoms with Gasteiger partial charge in [-0.15, -0.1) is 0 Å². The van der Waals surface area contributed by atoms with Gasteiger partial charge in [-0.25, -0.2) is 18.2 Å². The van der Waals surface area contributed by atoms with E-state index in [1.807, 2.05) is 0 Å². The van der Waals surface area contributed by atoms with Crippen LogP contribution in [0.5, 0.6) is 0 Å². The highest BCUT2D eigenvalue weighted by Gasteiger charge is 2.36. The van der Waals surface area contributed by atoms with Crippen molar-refractivity contribution in [2.45, 2.75) is 19.1 Å². The van der Waals surface area contributed by atoms with Gasteiger partial charge in [-0.3, -0.25) is 10.8 Å². The zero-order valence-electron chi connectivity index (χ0n) is 15.7. The summed E-state index contributed by atoms with van der Waals surface area (Å²) in [6.07, 6.45) is -0.547. The molecule has 164 valence electrons. The van der Waals surface area contributed by atoms with Crippen LogP contribution in [0.2, 0.25) is 0 Å². The summed E-state index contributed by atoms with van der Waals surface area (Å²) in [5.41, 5.74) is 5.80. The maximum atomic E-state index is 13.7. The van der Waals surface area contributed by atoms with Gasteiger partial charge in [0.05, 0.1) is 17.7 Å². The molecule has 0 saturated carbocycles. The fraction of sp³-hybridized carbons (Fsp3) is 0.158. The number of pyridine rings is 1. The predicted molar refractivity (Wildman–Crippen MR) is 100.0 cm³/mol. The number of rotatable bonds is 6. The van der Waals surface area contributed by atoms with Crippen LogP contribution in [0.25, 0.3) is 17.1 Å². The van der Waals surface area contributed by atoms with Gasteiger partial charge < -0.3 is 15.7 Å². The zero-order chi connectivity index (χ0) is 22.8. The van der Waals surface area contributed by atoms with Gasteiger partial charge in [-0.2, -0.15) is 13.2 Å². The Morgan fingerprint density at radius 3 is 2.39 bits per heavy atom. The Hall–Kier alpha value is -3.54. The molecule has 0 aliphatic carbocycles. The third-order valence-corrected chi connectivity index (χ3v) is 4.39. The highest BCUT2D eigenvalue weighted by Crippen LogP contribution is 2.28. The average molecular weight is 442 g/mol. The average Bonchev–Trinajstić information content (AvgIpc) is 3.18. The Labute approximate surface area is 172 Å². The lowest BCUT2D eigenvalue weighted by Crippen LogP contribution is -2.34. The van der Waals surface area contributed by atoms with Crippen molar-refractivity contribution in [2.75, 3.05) is 0 Å². The Kier molecular flexibility index (Phi) is 6.20. The van der Waals surface area contributed by atoms with Crippen LogP contribution < -0.4 is 17.0 Å². The van der Waals surface area contributed by atoms with E-state index in [1.165, 1.54) is 30.9 Å². The van der Waals surface area contributed by atoms with E-state index >= 15 is 0 Å². The van der Waals surface area contributed by atoms with E-state index in [0.717, 1.165) is 6.07 Å². The summed E-state index contributed by atoms with van der Waals surface area (Å²) < 4.78 is 80.6. The number of imidazole rings is 1. The summed E-state index contributed by atoms with van der Waals surface area (Å²) in [5.74, 6) is 1.65. The van der Waals surface area contributed by atoms with E-state index in [2.05, 4.69) is 9.97 Å². The lowest BCUT2D eigenvalue weighted by Gasteiger charge is -2.14. The maximum Gasteiger partial charge on any atom is 0.434 e. The van der Waals surface area contributed by atoms with Crippen molar-refractivity contribution in [2.24, 2.45) is 11.6 Å². The zero-order valence-corrected chi connectivity index (χ0v) is 15.7. The van der Waals surface area contributed by atoms with Gasteiger partial charge in [0.2, 0.25) is 0 Å². The van der Waals surface area contributed by atoms with Crippen molar-refractivity contribution in [1.82, 2.24) is 20.0 Å². The SMILES string of the molecule is NN/C(=C(\N)c1ccnc(-c2cn(CCc3cc(F)c(F)cc3F)cn2)c1)C(F)(F)F. The highest BCUT2D eigenvalue weighted by atomic mass is 19.4. The molecule has 0 amide bonds. The van der Waals surface area contributed by atoms with Crippen molar-refractivity contribution < 1.29 is 26.3 Å². The summed E-state index contributed by atoms with van der Waals surface area (Å²) in [7, 11) is 0. The topological polar surface area (TPSA) is 94.8 Å². The minimum absolute atomic E-state index is 0.0128. The number of aryl methyl sites for hydroxylation is 2. The maximum absolute atomic E-state index is 13.7. The van der Waals surface area contributed by atoms with Gasteiger partial charge in [0.25, 0.3) is 0 Å². The third-order valence-electron chi connectivity index (χ3n) is 4.39. The number of nitrogens with zero attached hydrogens (tertiary/aromatic N) is 3. The smallest absolute Gasteiger partial charge is 0.397 e. The molecule has 0 radical (unpaired) electrons. The number of nitrogens with two attached hydrogens (primary N) is 2. The molecule has 0 aliphatic rings. The van der Waals surface area contributed by atoms with Crippen molar-refractivity contribution in [3.05, 3.63) is 77.3 Å². The quantitative estimate of drug-likeness (QED) is 0.236. The summed E-state index contributed by atoms with van der Waals surface area (Å²) in [5, 5.41) is 0. The molecule has 2 heterocycles. The summed E-state index contributed by atoms with van der Waals surface area (Å²) in [4.78, 5) is 8.19. The molecule has 0 atom stereocenters. The minimum atomic E-state index is -4.78. The standard InChI is InChI=1S/C19H16F6N6/c20-12-7-14(22)13(21)5-10(12)2-4-31-8-16(29-9-31)15-6-11(1-3-28-15)17(26)18(30-27)19(23,24)25/h1,3,5-9,30H,2,4,26-27H2/b18-17-. The fourth-order valence-corrected chi connectivity index (χ4v) is 2.81. The molecule has 0 aliphatic heterocycles. The van der Waals surface area contributed by atoms with Crippen LogP contribution in [-0.2, 0) is 13.0 Å². The largest absolute Gasteiger partial charge is 0.434 e. The lowest BCUT2D eigenvalue weighted by atomic mass is 10.1. The number of nitrogens with one attached hydrogen (secondary N) is 1. The van der Waals surface area contributed by atoms with Crippen molar-refractivity contribution in [1.29, 1.82) is 0 Å². The second-order valence-corrected chi connectivity index (χ2v) is 6.46. The van der Waals surface area contributed by atoms with Crippen molar-refractivity contribution >= 4 is 5.70 Å². The van der Waals surface area contributed by atoms with Crippen LogP contribution in [0, 0.1) is 17.5 Å². The van der Waals surface area contributed by atoms with Crippen molar-refractivity contribution in [3.63, 3.8) is 0 Å². The monoisotopic (exact) mass is 442 g/mol. The van der Waals surface area contributed by atoms with E-state index in [-0.39, 0.29) is 29.8 Å². The normalized spacial score (nSPS) is 12.6. The van der Waals surface area contributed by atoms with E-state index in [0.29, 0.717) is 11.8 Å². The van der Waals surface area contributed by atoms with E-state index in [4.69, 9.17) is 11.6 Å². The molecule has 6 nitrogen and oxygen atoms in total. The minimum Gasteiger partial charge on any atom is -0.397 e. The predicted octanol–water partition coefficient (Wildman–Crippen LogP) is 3.26. The molecule has 2 aromatic heterocycles. The first kappa shape index (κ1) is 22.2. The molecule has 5 N–H and O–H groups in total. The second kappa shape index (κ2) is 8.68. The fourth-order valence-electron chi connectivity index (χ4n) is 2.81. The van der Waals surface area contributed by atoms with E-state index < -0.39 is 35.0 Å². The first-order valence-electron chi connectivity index (χ1n) is 8.75. The highest BCUT2D eigenvalue weighted by molar-refractivity contribution is 5.69. The summed E-state index contributed by atoms with van der Waals surface area (Å²) in [6.45, 7) is 0.187. The lowest BCUT2D eigenvalue weighted by molar-refractivity contribution is -0.0961. The molecule has 12 heteroatoms. The van der Waals surface area contributed by atoms with Crippen LogP contribution in [0.4, 0.5) is 26.3 Å². The van der Waals surface area contributed by atoms with Gasteiger partial charge in [0.15, 0.2) is 17.3 Å². The van der Waals surface area contributed by atoms with Crippen LogP contribution in [0.3, 0.4) is 0 Å². The number of alkyl halides is 3. The van der Waals surface area contributed by atoms with Gasteiger partial charge in [-0.05, 0) is 30.2 Å². The molecule has 31 heavy (non-hydrogen) atoms. The number of hydrogen-bond acceptors (Lipinski definition) is 5. The van der Waals surface area contributed by atoms with Crippen LogP contribution >= 0.6 is 0 Å². The molecule has 1 aromatic carbocycles. The van der Waals surface area contributed by atoms with Gasteiger partial charge >= 0.3 is 6.18 Å². The molecule has 0 bridgehead atoms. The number of hydrazine groups is 1. The number of benzene rings is 1. The second-order valence-electron chi connectivity index (χ2n) is 6.46. The van der Waals surface area contributed by atoms with Crippen LogP contribution in [-0.4, -0.2) is 20.7 Å². The Morgan fingerprint density at radius 2 is 1.71 bits per heavy atom. The van der Waals surface area contributed by atoms with Gasteiger partial charge in [-0.1, -0.05) is 0 Å². The molecular formula is C19H16F6N6. The van der Waals surface area contributed by atoms with Gasteiger partial charge in [0, 0.05) is 30.6 Å². The molecule has 0 fully saturated rings. The number of allylic oxidation sites excluding steroid dienone is 1. The number of halogens is 6. The summed E-state index contributed by atoms with van der Waals surface area (Å²) >= 11 is 0. The molecular weight excluding hydrogens is 426 g/mol. The van der Waals surface area contributed by atoms with E-state index in [9.17, 15) is 26.3 Å². The molecule has 0 unspecified atom stereocenters. The van der Waals surface area contributed by atoms with Crippen LogP contribution in [0.15, 0.2) is 48.7 Å². The molecule has 3 aromatic rings. The Morgan fingerprint density at radius 1 is 1.00 bits per heavy atom. The van der Waals surface area contributed by atoms with Gasteiger partial charge in [0.1, 0.15) is 11.5 Å². The van der Waals surface area contributed by atoms with E-state index in [1.54, 1.807) is 9.99 Å². The summed E-state index contributed by atoms with van der Waals surface area (Å²) in [6, 6.07) is 3.85. The number of hydrogen-bond donors (Lipinski definition) is 3. The van der Waals surface area contributed by atoms with Crippen molar-refractivity contribution in [3.8, 4) is 11.4 Å². The van der Waals surface area contributed by atoms with Crippen LogP contribution in [0.1, 0.15) is 11.1 Å². The molecule has 0 spiro atoms. The Bertz CT molecular complexity index is 1120. The third kappa shape index (κ3) is 4.97. The molecule has 0 saturated heterocycles. The first-order chi connectivity index (χ1) is 14.6. The molecule has 3 rings (SSSR count).